The van der Waals surface area contributed by atoms with E-state index in [0.29, 0.717) is 23.3 Å². The highest BCUT2D eigenvalue weighted by molar-refractivity contribution is 5.25. The number of benzene rings is 1. The number of hydrogen-bond acceptors (Lipinski definition) is 1. The Balaban J connectivity index is 1.83. The van der Waals surface area contributed by atoms with Gasteiger partial charge in [0.2, 0.25) is 0 Å². The summed E-state index contributed by atoms with van der Waals surface area (Å²) in [7, 11) is 0. The quantitative estimate of drug-likeness (QED) is 0.838. The Morgan fingerprint density at radius 2 is 1.76 bits per heavy atom. The second-order valence-electron chi connectivity index (χ2n) is 5.36. The lowest BCUT2D eigenvalue weighted by Gasteiger charge is -2.13. The van der Waals surface area contributed by atoms with Gasteiger partial charge in [-0.1, -0.05) is 25.0 Å². The molecular weight excluding hydrogens is 220 g/mol. The van der Waals surface area contributed by atoms with Crippen LogP contribution in [0, 0.1) is 29.4 Å². The summed E-state index contributed by atoms with van der Waals surface area (Å²) in [5.74, 6) is 0.127. The van der Waals surface area contributed by atoms with Crippen molar-refractivity contribution in [2.24, 2.45) is 23.5 Å². The van der Waals surface area contributed by atoms with Gasteiger partial charge in [0, 0.05) is 11.6 Å². The molecule has 0 amide bonds. The molecule has 0 aliphatic heterocycles. The molecule has 0 heterocycles. The fourth-order valence-electron chi connectivity index (χ4n) is 3.57. The Labute approximate surface area is 100 Å². The second kappa shape index (κ2) is 4.05. The molecule has 3 unspecified atom stereocenters. The number of hydrogen-bond donors (Lipinski definition) is 1. The number of fused-ring (bicyclic) bond motifs is 1. The lowest BCUT2D eigenvalue weighted by Crippen LogP contribution is -2.16. The minimum absolute atomic E-state index is 0.334. The van der Waals surface area contributed by atoms with Crippen LogP contribution in [-0.4, -0.2) is 0 Å². The Hall–Kier alpha value is -0.960. The van der Waals surface area contributed by atoms with E-state index in [1.165, 1.54) is 25.7 Å². The smallest absolute Gasteiger partial charge is 0.163 e. The zero-order valence-electron chi connectivity index (χ0n) is 9.70. The third kappa shape index (κ3) is 1.77. The molecule has 2 aliphatic rings. The third-order valence-corrected chi connectivity index (χ3v) is 4.48. The molecule has 3 rings (SSSR count). The van der Waals surface area contributed by atoms with E-state index in [1.54, 1.807) is 12.1 Å². The van der Waals surface area contributed by atoms with E-state index < -0.39 is 11.6 Å². The van der Waals surface area contributed by atoms with Gasteiger partial charge in [0.1, 0.15) is 0 Å². The van der Waals surface area contributed by atoms with Gasteiger partial charge >= 0.3 is 0 Å². The van der Waals surface area contributed by atoms with E-state index in [2.05, 4.69) is 0 Å². The van der Waals surface area contributed by atoms with Gasteiger partial charge in [0.25, 0.3) is 0 Å². The van der Waals surface area contributed by atoms with Crippen molar-refractivity contribution >= 4 is 0 Å². The molecule has 1 nitrogen and oxygen atoms in total. The van der Waals surface area contributed by atoms with Gasteiger partial charge in [0.05, 0.1) is 0 Å². The summed E-state index contributed by atoms with van der Waals surface area (Å²) >= 11 is 0. The van der Waals surface area contributed by atoms with E-state index in [1.807, 2.05) is 0 Å². The summed E-state index contributed by atoms with van der Waals surface area (Å²) in [6, 6.07) is 3.97. The maximum absolute atomic E-state index is 13.7. The van der Waals surface area contributed by atoms with E-state index in [-0.39, 0.29) is 6.04 Å². The molecule has 0 bridgehead atoms. The van der Waals surface area contributed by atoms with E-state index >= 15 is 0 Å². The molecule has 2 saturated carbocycles. The average molecular weight is 237 g/mol. The first-order chi connectivity index (χ1) is 8.20. The summed E-state index contributed by atoms with van der Waals surface area (Å²) in [6.45, 7) is 0. The number of nitrogens with two attached hydrogens (primary N) is 1. The zero-order chi connectivity index (χ0) is 12.0. The molecule has 3 atom stereocenters. The zero-order valence-corrected chi connectivity index (χ0v) is 9.70. The van der Waals surface area contributed by atoms with Gasteiger partial charge < -0.3 is 5.73 Å². The molecular formula is C14H17F2N. The molecule has 17 heavy (non-hydrogen) atoms. The van der Waals surface area contributed by atoms with Crippen molar-refractivity contribution in [3.63, 3.8) is 0 Å². The van der Waals surface area contributed by atoms with E-state index in [0.717, 1.165) is 6.07 Å². The van der Waals surface area contributed by atoms with Gasteiger partial charge in [-0.3, -0.25) is 0 Å². The molecule has 92 valence electrons. The minimum atomic E-state index is -0.790. The van der Waals surface area contributed by atoms with Crippen LogP contribution in [0.1, 0.15) is 37.3 Å². The summed E-state index contributed by atoms with van der Waals surface area (Å²) in [5.41, 5.74) is 6.47. The maximum Gasteiger partial charge on any atom is 0.163 e. The standard InChI is InChI=1S/C14H17F2N/c15-11-7-3-6-10(13(11)16)14(17)12-8-4-1-2-5-9(8)12/h3,6-9,12,14H,1-2,4-5,17H2. The fourth-order valence-corrected chi connectivity index (χ4v) is 3.57. The van der Waals surface area contributed by atoms with Crippen LogP contribution in [-0.2, 0) is 0 Å². The summed E-state index contributed by atoms with van der Waals surface area (Å²) in [6.07, 6.45) is 4.94. The maximum atomic E-state index is 13.7. The third-order valence-electron chi connectivity index (χ3n) is 4.48. The molecule has 2 fully saturated rings. The van der Waals surface area contributed by atoms with Crippen LogP contribution in [0.5, 0.6) is 0 Å². The molecule has 2 N–H and O–H groups in total. The van der Waals surface area contributed by atoms with Crippen molar-refractivity contribution in [2.75, 3.05) is 0 Å². The Kier molecular flexibility index (Phi) is 2.66. The van der Waals surface area contributed by atoms with Crippen molar-refractivity contribution < 1.29 is 8.78 Å². The minimum Gasteiger partial charge on any atom is -0.324 e. The summed E-state index contributed by atoms with van der Waals surface area (Å²) < 4.78 is 26.8. The monoisotopic (exact) mass is 237 g/mol. The first kappa shape index (κ1) is 11.1. The van der Waals surface area contributed by atoms with Crippen LogP contribution in [0.4, 0.5) is 8.78 Å². The molecule has 1 aromatic rings. The summed E-state index contributed by atoms with van der Waals surface area (Å²) in [5, 5.41) is 0. The Morgan fingerprint density at radius 3 is 2.41 bits per heavy atom. The van der Waals surface area contributed by atoms with Gasteiger partial charge in [-0.05, 0) is 36.7 Å². The Morgan fingerprint density at radius 1 is 1.12 bits per heavy atom. The lowest BCUT2D eigenvalue weighted by molar-refractivity contribution is 0.469. The first-order valence-electron chi connectivity index (χ1n) is 6.39. The highest BCUT2D eigenvalue weighted by Gasteiger charge is 2.53. The SMILES string of the molecule is NC(c1cccc(F)c1F)C1C2CCCCC21. The van der Waals surface area contributed by atoms with Crippen LogP contribution in [0.3, 0.4) is 0 Å². The lowest BCUT2D eigenvalue weighted by atomic mass is 10.00. The Bertz CT molecular complexity index is 420. The largest absolute Gasteiger partial charge is 0.324 e. The highest BCUT2D eigenvalue weighted by atomic mass is 19.2. The van der Waals surface area contributed by atoms with Gasteiger partial charge in [-0.25, -0.2) is 8.78 Å². The van der Waals surface area contributed by atoms with Gasteiger partial charge in [-0.15, -0.1) is 0 Å². The first-order valence-corrected chi connectivity index (χ1v) is 6.39. The van der Waals surface area contributed by atoms with Crippen LogP contribution in [0.15, 0.2) is 18.2 Å². The van der Waals surface area contributed by atoms with Crippen molar-refractivity contribution in [1.82, 2.24) is 0 Å². The van der Waals surface area contributed by atoms with Gasteiger partial charge in [0.15, 0.2) is 11.6 Å². The van der Waals surface area contributed by atoms with Crippen LogP contribution < -0.4 is 5.73 Å². The highest BCUT2D eigenvalue weighted by Crippen LogP contribution is 2.59. The van der Waals surface area contributed by atoms with E-state index in [4.69, 9.17) is 5.73 Å². The van der Waals surface area contributed by atoms with Crippen LogP contribution >= 0.6 is 0 Å². The van der Waals surface area contributed by atoms with E-state index in [9.17, 15) is 8.78 Å². The molecule has 0 saturated heterocycles. The molecule has 3 heteroatoms. The van der Waals surface area contributed by atoms with Crippen molar-refractivity contribution in [1.29, 1.82) is 0 Å². The number of halogens is 2. The second-order valence-corrected chi connectivity index (χ2v) is 5.36. The molecule has 0 spiro atoms. The average Bonchev–Trinajstić information content (AvgIpc) is 3.06. The topological polar surface area (TPSA) is 26.0 Å². The number of rotatable bonds is 2. The normalized spacial score (nSPS) is 33.0. The van der Waals surface area contributed by atoms with Crippen LogP contribution in [0.2, 0.25) is 0 Å². The molecule has 0 radical (unpaired) electrons. The molecule has 2 aliphatic carbocycles. The van der Waals surface area contributed by atoms with Crippen molar-refractivity contribution in [3.05, 3.63) is 35.4 Å². The fraction of sp³-hybridized carbons (Fsp3) is 0.571. The van der Waals surface area contributed by atoms with Crippen molar-refractivity contribution in [3.8, 4) is 0 Å². The van der Waals surface area contributed by atoms with Crippen LogP contribution in [0.25, 0.3) is 0 Å². The summed E-state index contributed by atoms with van der Waals surface area (Å²) in [4.78, 5) is 0. The molecule has 1 aromatic carbocycles. The predicted molar refractivity (Wildman–Crippen MR) is 62.2 cm³/mol. The van der Waals surface area contributed by atoms with Gasteiger partial charge in [-0.2, -0.15) is 0 Å². The predicted octanol–water partition coefficient (Wildman–Crippen LogP) is 3.40. The molecule has 0 aromatic heterocycles. The van der Waals surface area contributed by atoms with Crippen molar-refractivity contribution in [2.45, 2.75) is 31.7 Å².